The van der Waals surface area contributed by atoms with Gasteiger partial charge in [0.25, 0.3) is 0 Å². The van der Waals surface area contributed by atoms with Crippen LogP contribution in [0, 0.1) is 20.2 Å². The minimum absolute atomic E-state index is 0.0563. The number of rotatable bonds is 9. The van der Waals surface area contributed by atoms with E-state index in [1.165, 1.54) is 26.4 Å². The summed E-state index contributed by atoms with van der Waals surface area (Å²) < 4.78 is 20.6. The van der Waals surface area contributed by atoms with E-state index >= 15 is 0 Å². The van der Waals surface area contributed by atoms with E-state index in [2.05, 4.69) is 0 Å². The number of hydrogen-bond donors (Lipinski definition) is 2. The van der Waals surface area contributed by atoms with Crippen molar-refractivity contribution in [1.29, 1.82) is 0 Å². The van der Waals surface area contributed by atoms with Crippen molar-refractivity contribution in [1.82, 2.24) is 0 Å². The normalized spacial score (nSPS) is 10.5. The van der Waals surface area contributed by atoms with Crippen molar-refractivity contribution in [2.45, 2.75) is 13.2 Å². The highest BCUT2D eigenvalue weighted by Gasteiger charge is 2.35. The molecule has 0 saturated carbocycles. The molecule has 0 heterocycles. The van der Waals surface area contributed by atoms with Gasteiger partial charge in [0.05, 0.1) is 51.5 Å². The Morgan fingerprint density at radius 3 is 1.27 bits per heavy atom. The predicted octanol–water partition coefficient (Wildman–Crippen LogP) is 2.19. The van der Waals surface area contributed by atoms with Gasteiger partial charge in [0.2, 0.25) is 23.0 Å². The molecule has 162 valence electrons. The Balaban J connectivity index is 3.17. The lowest BCUT2D eigenvalue weighted by atomic mass is 9.91. The molecular formula is C18H20N2O10. The topological polar surface area (TPSA) is 164 Å². The SMILES string of the molecule is COc1cc(CO)c(-c2c(CO)cc(OC)c([N+](=O)[O-])c2OC)c(OC)c1[N+](=O)[O-]. The first kappa shape index (κ1) is 22.6. The summed E-state index contributed by atoms with van der Waals surface area (Å²) in [5.41, 5.74) is -1.03. The Morgan fingerprint density at radius 2 is 1.07 bits per heavy atom. The van der Waals surface area contributed by atoms with E-state index in [0.717, 1.165) is 14.2 Å². The fourth-order valence-corrected chi connectivity index (χ4v) is 3.20. The summed E-state index contributed by atoms with van der Waals surface area (Å²) in [4.78, 5) is 21.9. The number of hydrogen-bond acceptors (Lipinski definition) is 10. The Bertz CT molecular complexity index is 910. The highest BCUT2D eigenvalue weighted by Crippen LogP contribution is 2.53. The second-order valence-electron chi connectivity index (χ2n) is 5.82. The molecule has 2 N–H and O–H groups in total. The molecule has 30 heavy (non-hydrogen) atoms. The van der Waals surface area contributed by atoms with Crippen LogP contribution < -0.4 is 18.9 Å². The van der Waals surface area contributed by atoms with Crippen molar-refractivity contribution in [2.24, 2.45) is 0 Å². The maximum atomic E-state index is 11.7. The molecule has 0 atom stereocenters. The highest BCUT2D eigenvalue weighted by atomic mass is 16.6. The van der Waals surface area contributed by atoms with Crippen LogP contribution in [-0.4, -0.2) is 48.5 Å². The monoisotopic (exact) mass is 424 g/mol. The third-order valence-electron chi connectivity index (χ3n) is 4.41. The molecule has 0 bridgehead atoms. The van der Waals surface area contributed by atoms with Crippen LogP contribution in [0.4, 0.5) is 11.4 Å². The maximum Gasteiger partial charge on any atom is 0.352 e. The summed E-state index contributed by atoms with van der Waals surface area (Å²) in [7, 11) is 4.74. The largest absolute Gasteiger partial charge is 0.490 e. The number of ether oxygens (including phenoxy) is 4. The maximum absolute atomic E-state index is 11.7. The van der Waals surface area contributed by atoms with E-state index in [0.29, 0.717) is 0 Å². The van der Waals surface area contributed by atoms with Crippen LogP contribution in [0.15, 0.2) is 12.1 Å². The molecule has 0 aliphatic heterocycles. The van der Waals surface area contributed by atoms with Crippen molar-refractivity contribution in [2.75, 3.05) is 28.4 Å². The Labute approximate surface area is 170 Å². The molecule has 0 aliphatic rings. The molecule has 2 aromatic rings. The molecule has 0 amide bonds. The number of nitro benzene ring substituents is 2. The third-order valence-corrected chi connectivity index (χ3v) is 4.41. The van der Waals surface area contributed by atoms with Crippen molar-refractivity contribution < 1.29 is 39.0 Å². The molecule has 0 spiro atoms. The van der Waals surface area contributed by atoms with Crippen molar-refractivity contribution in [3.63, 3.8) is 0 Å². The molecule has 0 saturated heterocycles. The number of aliphatic hydroxyl groups excluding tert-OH is 2. The van der Waals surface area contributed by atoms with E-state index in [-0.39, 0.29) is 45.3 Å². The van der Waals surface area contributed by atoms with Gasteiger partial charge in [-0.05, 0) is 23.3 Å². The summed E-state index contributed by atoms with van der Waals surface area (Å²) in [6, 6.07) is 2.43. The second-order valence-corrected chi connectivity index (χ2v) is 5.82. The lowest BCUT2D eigenvalue weighted by Gasteiger charge is -2.20. The second kappa shape index (κ2) is 9.24. The van der Waals surface area contributed by atoms with Crippen molar-refractivity contribution in [3.8, 4) is 34.1 Å². The molecule has 0 fully saturated rings. The predicted molar refractivity (Wildman–Crippen MR) is 103 cm³/mol. The molecule has 12 heteroatoms. The van der Waals surface area contributed by atoms with Gasteiger partial charge in [0, 0.05) is 11.1 Å². The lowest BCUT2D eigenvalue weighted by Crippen LogP contribution is -2.07. The zero-order valence-electron chi connectivity index (χ0n) is 16.6. The van der Waals surface area contributed by atoms with E-state index < -0.39 is 34.4 Å². The average molecular weight is 424 g/mol. The fourth-order valence-electron chi connectivity index (χ4n) is 3.20. The van der Waals surface area contributed by atoms with Gasteiger partial charge in [-0.15, -0.1) is 0 Å². The van der Waals surface area contributed by atoms with Crippen LogP contribution in [0.5, 0.6) is 23.0 Å². The van der Waals surface area contributed by atoms with E-state index in [1.807, 2.05) is 0 Å². The number of nitrogens with zero attached hydrogens (tertiary/aromatic N) is 2. The highest BCUT2D eigenvalue weighted by molar-refractivity contribution is 5.90. The minimum Gasteiger partial charge on any atom is -0.490 e. The zero-order chi connectivity index (χ0) is 22.6. The zero-order valence-corrected chi connectivity index (χ0v) is 16.6. The molecule has 0 aliphatic carbocycles. The van der Waals surface area contributed by atoms with Gasteiger partial charge in [0.15, 0.2) is 0 Å². The Hall–Kier alpha value is -3.64. The smallest absolute Gasteiger partial charge is 0.352 e. The standard InChI is InChI=1S/C18H20N2O10/c1-27-11-5-9(7-21)13(17(29-3)15(11)19(23)24)14-10(8-22)6-12(28-2)16(20(25)26)18(14)30-4/h5-6,21-22H,7-8H2,1-4H3. The number of methoxy groups -OCH3 is 4. The third kappa shape index (κ3) is 3.65. The van der Waals surface area contributed by atoms with Gasteiger partial charge in [-0.25, -0.2) is 0 Å². The van der Waals surface area contributed by atoms with Gasteiger partial charge in [-0.3, -0.25) is 20.2 Å². The van der Waals surface area contributed by atoms with Gasteiger partial charge in [0.1, 0.15) is 0 Å². The van der Waals surface area contributed by atoms with Crippen LogP contribution in [0.3, 0.4) is 0 Å². The molecule has 12 nitrogen and oxygen atoms in total. The first-order chi connectivity index (χ1) is 14.3. The number of benzene rings is 2. The van der Waals surface area contributed by atoms with Crippen LogP contribution >= 0.6 is 0 Å². The van der Waals surface area contributed by atoms with Gasteiger partial charge >= 0.3 is 11.4 Å². The Kier molecular flexibility index (Phi) is 6.97. The number of aliphatic hydroxyl groups is 2. The molecular weight excluding hydrogens is 404 g/mol. The molecule has 0 radical (unpaired) electrons. The van der Waals surface area contributed by atoms with Crippen molar-refractivity contribution in [3.05, 3.63) is 43.5 Å². The molecule has 0 unspecified atom stereocenters. The van der Waals surface area contributed by atoms with Crippen LogP contribution in [0.2, 0.25) is 0 Å². The van der Waals surface area contributed by atoms with E-state index in [4.69, 9.17) is 18.9 Å². The lowest BCUT2D eigenvalue weighted by molar-refractivity contribution is -0.386. The van der Waals surface area contributed by atoms with Crippen molar-refractivity contribution >= 4 is 11.4 Å². The summed E-state index contributed by atoms with van der Waals surface area (Å²) in [6.45, 7) is -1.23. The van der Waals surface area contributed by atoms with Gasteiger partial charge in [-0.1, -0.05) is 0 Å². The van der Waals surface area contributed by atoms with Gasteiger partial charge < -0.3 is 29.2 Å². The average Bonchev–Trinajstić information content (AvgIpc) is 2.75. The van der Waals surface area contributed by atoms with Gasteiger partial charge in [-0.2, -0.15) is 0 Å². The Morgan fingerprint density at radius 1 is 0.733 bits per heavy atom. The first-order valence-corrected chi connectivity index (χ1v) is 8.37. The van der Waals surface area contributed by atoms with Crippen LogP contribution in [-0.2, 0) is 13.2 Å². The molecule has 2 rings (SSSR count). The summed E-state index contributed by atoms with van der Waals surface area (Å²) in [5, 5.41) is 43.2. The summed E-state index contributed by atoms with van der Waals surface area (Å²) in [6.07, 6.45) is 0. The van der Waals surface area contributed by atoms with Crippen LogP contribution in [0.25, 0.3) is 11.1 Å². The molecule has 2 aromatic carbocycles. The quantitative estimate of drug-likeness (QED) is 0.450. The fraction of sp³-hybridized carbons (Fsp3) is 0.333. The minimum atomic E-state index is -0.745. The first-order valence-electron chi connectivity index (χ1n) is 8.37. The van der Waals surface area contributed by atoms with Crippen LogP contribution in [0.1, 0.15) is 11.1 Å². The molecule has 0 aromatic heterocycles. The summed E-state index contributed by atoms with van der Waals surface area (Å²) >= 11 is 0. The van der Waals surface area contributed by atoms with E-state index in [1.54, 1.807) is 0 Å². The summed E-state index contributed by atoms with van der Waals surface area (Å²) in [5.74, 6) is -1.01. The van der Waals surface area contributed by atoms with E-state index in [9.17, 15) is 30.4 Å². The number of nitro groups is 2.